The Morgan fingerprint density at radius 1 is 1.05 bits per heavy atom. The zero-order valence-electron chi connectivity index (χ0n) is 15.0. The third kappa shape index (κ3) is 8.35. The van der Waals surface area contributed by atoms with Gasteiger partial charge < -0.3 is 18.5 Å². The van der Waals surface area contributed by atoms with Gasteiger partial charge in [0.2, 0.25) is 0 Å². The van der Waals surface area contributed by atoms with Crippen molar-refractivity contribution < 1.29 is 23.0 Å². The largest absolute Gasteiger partial charge is 0.338 e. The van der Waals surface area contributed by atoms with E-state index in [0.29, 0.717) is 6.16 Å². The molecule has 0 aliphatic heterocycles. The van der Waals surface area contributed by atoms with Gasteiger partial charge in [-0.15, -0.1) is 0 Å². The Hall–Kier alpha value is 0.460. The van der Waals surface area contributed by atoms with Gasteiger partial charge in [0.15, 0.2) is 0 Å². The van der Waals surface area contributed by atoms with Crippen LogP contribution in [0.2, 0.25) is 0 Å². The predicted octanol–water partition coefficient (Wildman–Crippen LogP) is 4.39. The zero-order chi connectivity index (χ0) is 17.3. The molecule has 8 heteroatoms. The van der Waals surface area contributed by atoms with Crippen molar-refractivity contribution in [2.24, 2.45) is 0 Å². The van der Waals surface area contributed by atoms with Crippen LogP contribution in [0, 0.1) is 0 Å². The minimum atomic E-state index is -2.90. The van der Waals surface area contributed by atoms with Crippen LogP contribution in [0.4, 0.5) is 0 Å². The first-order valence-corrected chi connectivity index (χ1v) is 10.7. The highest BCUT2D eigenvalue weighted by Gasteiger charge is 2.26. The van der Waals surface area contributed by atoms with Crippen molar-refractivity contribution in [3.05, 3.63) is 0 Å². The van der Waals surface area contributed by atoms with Crippen LogP contribution in [0.5, 0.6) is 0 Å². The molecule has 0 spiro atoms. The lowest BCUT2D eigenvalue weighted by Crippen LogP contribution is -2.33. The molecule has 2 unspecified atom stereocenters. The van der Waals surface area contributed by atoms with E-state index in [0.717, 1.165) is 19.3 Å². The summed E-state index contributed by atoms with van der Waals surface area (Å²) in [5.41, 5.74) is 0. The Bertz CT molecular complexity index is 325. The van der Waals surface area contributed by atoms with Crippen LogP contribution in [0.15, 0.2) is 0 Å². The molecule has 0 aliphatic rings. The fourth-order valence-electron chi connectivity index (χ4n) is 2.25. The maximum Gasteiger partial charge on any atom is 0.330 e. The Morgan fingerprint density at radius 2 is 1.55 bits per heavy atom. The van der Waals surface area contributed by atoms with E-state index in [9.17, 15) is 9.46 Å². The van der Waals surface area contributed by atoms with Gasteiger partial charge in [0, 0.05) is 26.3 Å². The molecule has 0 aromatic rings. The summed E-state index contributed by atoms with van der Waals surface area (Å²) in [5, 5.41) is 0. The Labute approximate surface area is 137 Å². The molecule has 6 nitrogen and oxygen atoms in total. The summed E-state index contributed by atoms with van der Waals surface area (Å²) in [6, 6.07) is 0.468. The third-order valence-electron chi connectivity index (χ3n) is 3.38. The van der Waals surface area contributed by atoms with Crippen LogP contribution < -0.4 is 0 Å². The lowest BCUT2D eigenvalue weighted by Gasteiger charge is -2.34. The van der Waals surface area contributed by atoms with Crippen LogP contribution >= 0.6 is 16.1 Å². The molecule has 1 N–H and O–H groups in total. The number of rotatable bonds is 12. The molecule has 0 saturated carbocycles. The van der Waals surface area contributed by atoms with E-state index < -0.39 is 16.1 Å². The van der Waals surface area contributed by atoms with E-state index in [1.807, 2.05) is 39.3 Å². The SMILES string of the molecule is COP(=O)(CCCCC(C)OP(O)N(C(C)C)C(C)C)OC. The lowest BCUT2D eigenvalue weighted by atomic mass is 10.2. The quantitative estimate of drug-likeness (QED) is 0.413. The van der Waals surface area contributed by atoms with Crippen LogP contribution in [-0.2, 0) is 18.1 Å². The summed E-state index contributed by atoms with van der Waals surface area (Å²) in [5.74, 6) is 0. The Morgan fingerprint density at radius 3 is 1.95 bits per heavy atom. The second-order valence-electron chi connectivity index (χ2n) is 5.93. The monoisotopic (exact) mass is 357 g/mol. The molecule has 2 atom stereocenters. The van der Waals surface area contributed by atoms with E-state index in [4.69, 9.17) is 13.6 Å². The molecule has 0 bridgehead atoms. The molecule has 0 radical (unpaired) electrons. The summed E-state index contributed by atoms with van der Waals surface area (Å²) >= 11 is 0. The Kier molecular flexibility index (Phi) is 11.3. The average Bonchev–Trinajstić information content (AvgIpc) is 2.42. The molecule has 0 aromatic heterocycles. The maximum atomic E-state index is 11.9. The van der Waals surface area contributed by atoms with E-state index >= 15 is 0 Å². The van der Waals surface area contributed by atoms with Crippen molar-refractivity contribution >= 4 is 16.1 Å². The average molecular weight is 357 g/mol. The second kappa shape index (κ2) is 11.1. The summed E-state index contributed by atoms with van der Waals surface area (Å²) in [6.45, 7) is 10.1. The Balaban J connectivity index is 4.13. The molecule has 0 amide bonds. The normalized spacial score (nSPS) is 15.8. The van der Waals surface area contributed by atoms with Crippen molar-refractivity contribution in [1.82, 2.24) is 4.67 Å². The molecule has 0 saturated heterocycles. The smallest absolute Gasteiger partial charge is 0.330 e. The van der Waals surface area contributed by atoms with Gasteiger partial charge in [-0.25, -0.2) is 4.67 Å². The predicted molar refractivity (Wildman–Crippen MR) is 92.1 cm³/mol. The number of hydrogen-bond donors (Lipinski definition) is 1. The van der Waals surface area contributed by atoms with Gasteiger partial charge in [-0.3, -0.25) is 4.57 Å². The molecule has 0 rings (SSSR count). The number of hydrogen-bond acceptors (Lipinski definition) is 6. The molecular weight excluding hydrogens is 324 g/mol. The molecular formula is C14H33NO5P2. The fraction of sp³-hybridized carbons (Fsp3) is 1.00. The van der Waals surface area contributed by atoms with Crippen molar-refractivity contribution in [2.45, 2.75) is 72.1 Å². The standard InChI is InChI=1S/C14H33NO5P2/c1-12(2)15(13(3)4)21(16)20-14(5)10-8-9-11-22(17,18-6)19-7/h12-14,16H,8-11H2,1-7H3. The van der Waals surface area contributed by atoms with Gasteiger partial charge in [-0.05, 0) is 47.5 Å². The van der Waals surface area contributed by atoms with Crippen LogP contribution in [0.25, 0.3) is 0 Å². The zero-order valence-corrected chi connectivity index (χ0v) is 16.8. The van der Waals surface area contributed by atoms with Crippen molar-refractivity contribution in [3.8, 4) is 0 Å². The highest BCUT2D eigenvalue weighted by Crippen LogP contribution is 2.47. The highest BCUT2D eigenvalue weighted by molar-refractivity contribution is 7.53. The minimum absolute atomic E-state index is 0.0411. The summed E-state index contributed by atoms with van der Waals surface area (Å²) in [7, 11) is -1.68. The van der Waals surface area contributed by atoms with Gasteiger partial charge in [-0.2, -0.15) is 0 Å². The lowest BCUT2D eigenvalue weighted by molar-refractivity contribution is 0.159. The maximum absolute atomic E-state index is 11.9. The van der Waals surface area contributed by atoms with E-state index in [1.165, 1.54) is 14.2 Å². The number of unbranched alkanes of at least 4 members (excludes halogenated alkanes) is 1. The molecule has 134 valence electrons. The first kappa shape index (κ1) is 22.5. The van der Waals surface area contributed by atoms with E-state index in [2.05, 4.69) is 0 Å². The van der Waals surface area contributed by atoms with Gasteiger partial charge in [0.1, 0.15) is 0 Å². The van der Waals surface area contributed by atoms with E-state index in [1.54, 1.807) is 0 Å². The van der Waals surface area contributed by atoms with Crippen LogP contribution in [0.1, 0.15) is 53.9 Å². The van der Waals surface area contributed by atoms with Crippen molar-refractivity contribution in [1.29, 1.82) is 0 Å². The number of nitrogens with zero attached hydrogens (tertiary/aromatic N) is 1. The van der Waals surface area contributed by atoms with Gasteiger partial charge >= 0.3 is 7.60 Å². The fourth-order valence-corrected chi connectivity index (χ4v) is 4.71. The molecule has 0 fully saturated rings. The van der Waals surface area contributed by atoms with Gasteiger partial charge in [0.05, 0.1) is 12.3 Å². The molecule has 0 aromatic carbocycles. The van der Waals surface area contributed by atoms with Gasteiger partial charge in [-0.1, -0.05) is 6.42 Å². The minimum Gasteiger partial charge on any atom is -0.338 e. The van der Waals surface area contributed by atoms with Gasteiger partial charge in [0.25, 0.3) is 8.53 Å². The first-order chi connectivity index (χ1) is 10.2. The summed E-state index contributed by atoms with van der Waals surface area (Å²) in [6.07, 6.45) is 2.76. The first-order valence-electron chi connectivity index (χ1n) is 7.81. The third-order valence-corrected chi connectivity index (χ3v) is 7.22. The van der Waals surface area contributed by atoms with E-state index in [-0.39, 0.29) is 18.2 Å². The molecule has 0 heterocycles. The molecule has 22 heavy (non-hydrogen) atoms. The molecule has 0 aliphatic carbocycles. The topological polar surface area (TPSA) is 68.2 Å². The van der Waals surface area contributed by atoms with Crippen LogP contribution in [0.3, 0.4) is 0 Å². The van der Waals surface area contributed by atoms with Crippen molar-refractivity contribution in [2.75, 3.05) is 20.4 Å². The highest BCUT2D eigenvalue weighted by atomic mass is 31.2. The summed E-state index contributed by atoms with van der Waals surface area (Å²) in [4.78, 5) is 10.3. The van der Waals surface area contributed by atoms with Crippen molar-refractivity contribution in [3.63, 3.8) is 0 Å². The summed E-state index contributed by atoms with van der Waals surface area (Å²) < 4.78 is 29.4. The second-order valence-corrected chi connectivity index (χ2v) is 9.51. The van der Waals surface area contributed by atoms with Crippen LogP contribution in [-0.4, -0.2) is 48.1 Å².